The molecule has 25 heavy (non-hydrogen) atoms. The van der Waals surface area contributed by atoms with Crippen LogP contribution < -0.4 is 10.6 Å². The average Bonchev–Trinajstić information content (AvgIpc) is 3.27. The number of carbonyl (C=O) groups excluding carboxylic acids is 3. The Kier molecular flexibility index (Phi) is 3.76. The van der Waals surface area contributed by atoms with Gasteiger partial charge in [0.15, 0.2) is 0 Å². The molecule has 2 heterocycles. The minimum Gasteiger partial charge on any atom is -0.334 e. The van der Waals surface area contributed by atoms with Gasteiger partial charge in [0.05, 0.1) is 0 Å². The van der Waals surface area contributed by atoms with Crippen LogP contribution in [-0.2, 0) is 22.7 Å². The first kappa shape index (κ1) is 16.4. The van der Waals surface area contributed by atoms with Crippen molar-refractivity contribution in [3.8, 4) is 0 Å². The van der Waals surface area contributed by atoms with Gasteiger partial charge in [-0.3, -0.25) is 14.9 Å². The number of carbonyl (C=O) groups is 3. The number of nitrogens with one attached hydrogen (secondary N) is 2. The summed E-state index contributed by atoms with van der Waals surface area (Å²) in [6, 6.07) is 3.50. The fourth-order valence-corrected chi connectivity index (χ4v) is 4.12. The third-order valence-electron chi connectivity index (χ3n) is 5.53. The van der Waals surface area contributed by atoms with Gasteiger partial charge in [-0.05, 0) is 54.9 Å². The van der Waals surface area contributed by atoms with E-state index in [0.29, 0.717) is 24.5 Å². The first-order valence-corrected chi connectivity index (χ1v) is 8.96. The molecule has 1 aromatic carbocycles. The van der Waals surface area contributed by atoms with Crippen molar-refractivity contribution in [2.75, 3.05) is 0 Å². The highest BCUT2D eigenvalue weighted by Gasteiger charge is 2.55. The number of benzene rings is 1. The second kappa shape index (κ2) is 5.73. The molecule has 6 nitrogen and oxygen atoms in total. The van der Waals surface area contributed by atoms with Crippen LogP contribution in [-0.4, -0.2) is 28.3 Å². The largest absolute Gasteiger partial charge is 0.334 e. The van der Waals surface area contributed by atoms with E-state index in [4.69, 9.17) is 11.6 Å². The molecule has 1 aromatic rings. The van der Waals surface area contributed by atoms with Crippen LogP contribution in [0.3, 0.4) is 0 Å². The highest BCUT2D eigenvalue weighted by atomic mass is 35.5. The van der Waals surface area contributed by atoms with Gasteiger partial charge in [0.25, 0.3) is 5.91 Å². The molecule has 1 aliphatic carbocycles. The van der Waals surface area contributed by atoms with Gasteiger partial charge in [-0.25, -0.2) is 4.79 Å². The molecule has 4 amide bonds. The molecule has 1 saturated carbocycles. The van der Waals surface area contributed by atoms with Crippen molar-refractivity contribution >= 4 is 29.4 Å². The van der Waals surface area contributed by atoms with Crippen molar-refractivity contribution in [2.45, 2.75) is 51.2 Å². The molecule has 0 bridgehead atoms. The normalized spacial score (nSPS) is 25.0. The monoisotopic (exact) mass is 361 g/mol. The maximum atomic E-state index is 12.7. The van der Waals surface area contributed by atoms with Crippen LogP contribution in [0.5, 0.6) is 0 Å². The number of hydrogen-bond acceptors (Lipinski definition) is 3. The summed E-state index contributed by atoms with van der Waals surface area (Å²) >= 11 is 6.17. The Morgan fingerprint density at radius 1 is 1.28 bits per heavy atom. The number of rotatable bonds is 4. The summed E-state index contributed by atoms with van der Waals surface area (Å²) in [5.41, 5.74) is 2.30. The van der Waals surface area contributed by atoms with Crippen molar-refractivity contribution in [2.24, 2.45) is 5.92 Å². The SMILES string of the molecule is Cc1cc2c(cc1Cl)CN(C(=O)CC[C@@]1(C3CC3)NC(=O)NC1=O)C2. The lowest BCUT2D eigenvalue weighted by molar-refractivity contribution is -0.133. The van der Waals surface area contributed by atoms with Gasteiger partial charge in [-0.15, -0.1) is 0 Å². The lowest BCUT2D eigenvalue weighted by Gasteiger charge is -2.26. The van der Waals surface area contributed by atoms with Gasteiger partial charge in [-0.1, -0.05) is 17.7 Å². The van der Waals surface area contributed by atoms with E-state index in [1.165, 1.54) is 0 Å². The highest BCUT2D eigenvalue weighted by Crippen LogP contribution is 2.44. The fraction of sp³-hybridized carbons (Fsp3) is 0.500. The van der Waals surface area contributed by atoms with Crippen LogP contribution in [0.2, 0.25) is 5.02 Å². The number of hydrogen-bond donors (Lipinski definition) is 2. The Morgan fingerprint density at radius 3 is 2.56 bits per heavy atom. The van der Waals surface area contributed by atoms with Crippen LogP contribution in [0, 0.1) is 12.8 Å². The number of aryl methyl sites for hydroxylation is 1. The number of urea groups is 1. The maximum Gasteiger partial charge on any atom is 0.322 e. The highest BCUT2D eigenvalue weighted by molar-refractivity contribution is 6.31. The van der Waals surface area contributed by atoms with E-state index in [1.807, 2.05) is 19.1 Å². The maximum absolute atomic E-state index is 12.7. The minimum absolute atomic E-state index is 0.000973. The average molecular weight is 362 g/mol. The second-order valence-corrected chi connectivity index (χ2v) is 7.68. The number of nitrogens with zero attached hydrogens (tertiary/aromatic N) is 1. The Labute approximate surface area is 150 Å². The Hall–Kier alpha value is -2.08. The van der Waals surface area contributed by atoms with Gasteiger partial charge in [0.1, 0.15) is 5.54 Å². The Morgan fingerprint density at radius 2 is 1.96 bits per heavy atom. The molecule has 1 saturated heterocycles. The molecular weight excluding hydrogens is 342 g/mol. The van der Waals surface area contributed by atoms with E-state index in [9.17, 15) is 14.4 Å². The molecule has 1 atom stereocenters. The van der Waals surface area contributed by atoms with Crippen molar-refractivity contribution in [1.82, 2.24) is 15.5 Å². The van der Waals surface area contributed by atoms with E-state index in [-0.39, 0.29) is 24.2 Å². The molecule has 2 fully saturated rings. The van der Waals surface area contributed by atoms with Crippen LogP contribution in [0.25, 0.3) is 0 Å². The molecule has 0 spiro atoms. The van der Waals surface area contributed by atoms with Crippen molar-refractivity contribution < 1.29 is 14.4 Å². The zero-order valence-corrected chi connectivity index (χ0v) is 14.8. The zero-order valence-electron chi connectivity index (χ0n) is 14.0. The van der Waals surface area contributed by atoms with E-state index in [1.54, 1.807) is 4.90 Å². The third kappa shape index (κ3) is 2.78. The van der Waals surface area contributed by atoms with E-state index < -0.39 is 11.6 Å². The number of amides is 4. The molecule has 0 radical (unpaired) electrons. The number of halogens is 1. The molecule has 3 aliphatic rings. The van der Waals surface area contributed by atoms with Gasteiger partial charge < -0.3 is 10.2 Å². The smallest absolute Gasteiger partial charge is 0.322 e. The van der Waals surface area contributed by atoms with E-state index in [0.717, 1.165) is 29.5 Å². The quantitative estimate of drug-likeness (QED) is 0.807. The van der Waals surface area contributed by atoms with Crippen molar-refractivity contribution in [3.05, 3.63) is 33.8 Å². The summed E-state index contributed by atoms with van der Waals surface area (Å²) in [6.07, 6.45) is 2.41. The number of imide groups is 1. The molecule has 0 aromatic heterocycles. The van der Waals surface area contributed by atoms with Gasteiger partial charge in [0, 0.05) is 24.5 Å². The molecule has 4 rings (SSSR count). The summed E-state index contributed by atoms with van der Waals surface area (Å²) in [7, 11) is 0. The third-order valence-corrected chi connectivity index (χ3v) is 5.94. The standard InChI is InChI=1S/C18H20ClN3O3/c1-10-6-11-8-22(9-12(11)7-14(10)19)15(23)4-5-18(13-2-3-13)16(24)20-17(25)21-18/h6-7,13H,2-5,8-9H2,1H3,(H2,20,21,24,25)/t18-/m0/s1. The van der Waals surface area contributed by atoms with Crippen molar-refractivity contribution in [1.29, 1.82) is 0 Å². The molecule has 132 valence electrons. The van der Waals surface area contributed by atoms with Gasteiger partial charge >= 0.3 is 6.03 Å². The molecule has 0 unspecified atom stereocenters. The topological polar surface area (TPSA) is 78.5 Å². The fourth-order valence-electron chi connectivity index (χ4n) is 3.93. The van der Waals surface area contributed by atoms with Gasteiger partial charge in [-0.2, -0.15) is 0 Å². The lowest BCUT2D eigenvalue weighted by Crippen LogP contribution is -2.49. The summed E-state index contributed by atoms with van der Waals surface area (Å²) in [5.74, 6) is -0.150. The first-order chi connectivity index (χ1) is 11.9. The molecule has 2 N–H and O–H groups in total. The summed E-state index contributed by atoms with van der Waals surface area (Å²) in [6.45, 7) is 3.07. The summed E-state index contributed by atoms with van der Waals surface area (Å²) in [5, 5.41) is 5.80. The van der Waals surface area contributed by atoms with Crippen LogP contribution in [0.1, 0.15) is 42.4 Å². The summed E-state index contributed by atoms with van der Waals surface area (Å²) < 4.78 is 0. The van der Waals surface area contributed by atoms with Crippen LogP contribution in [0.15, 0.2) is 12.1 Å². The lowest BCUT2D eigenvalue weighted by atomic mass is 9.88. The van der Waals surface area contributed by atoms with Crippen molar-refractivity contribution in [3.63, 3.8) is 0 Å². The Bertz CT molecular complexity index is 759. The molecule has 7 heteroatoms. The van der Waals surface area contributed by atoms with Crippen LogP contribution >= 0.6 is 11.6 Å². The molecule has 2 aliphatic heterocycles. The van der Waals surface area contributed by atoms with E-state index in [2.05, 4.69) is 10.6 Å². The predicted octanol–water partition coefficient (Wildman–Crippen LogP) is 2.26. The predicted molar refractivity (Wildman–Crippen MR) is 91.8 cm³/mol. The zero-order chi connectivity index (χ0) is 17.8. The van der Waals surface area contributed by atoms with Gasteiger partial charge in [0.2, 0.25) is 5.91 Å². The minimum atomic E-state index is -0.904. The molecular formula is C18H20ClN3O3. The van der Waals surface area contributed by atoms with Crippen LogP contribution in [0.4, 0.5) is 4.79 Å². The van der Waals surface area contributed by atoms with E-state index >= 15 is 0 Å². The number of fused-ring (bicyclic) bond motifs is 1. The first-order valence-electron chi connectivity index (χ1n) is 8.58. The second-order valence-electron chi connectivity index (χ2n) is 7.27. The summed E-state index contributed by atoms with van der Waals surface area (Å²) in [4.78, 5) is 38.3. The Balaban J connectivity index is 1.43.